The van der Waals surface area contributed by atoms with E-state index in [0.717, 1.165) is 0 Å². The lowest BCUT2D eigenvalue weighted by Gasteiger charge is -2.23. The van der Waals surface area contributed by atoms with Crippen LogP contribution in [0, 0.1) is 6.92 Å². The molecule has 0 heterocycles. The molecule has 0 aromatic heterocycles. The molecule has 1 aliphatic rings. The fraction of sp³-hybridized carbons (Fsp3) is 0.0833. The molecular formula is C48H36. The fourth-order valence-electron chi connectivity index (χ4n) is 8.20. The minimum absolute atomic E-state index is 0.0578. The maximum Gasteiger partial charge on any atom is 0.0159 e. The van der Waals surface area contributed by atoms with Crippen molar-refractivity contribution in [1.29, 1.82) is 0 Å². The van der Waals surface area contributed by atoms with Gasteiger partial charge in [-0.3, -0.25) is 0 Å². The molecule has 0 saturated heterocycles. The SMILES string of the molecule is Cc1ccc2c(-c3ccc(-c4ccccc4)c(-c4ccccc4)c3)c3ccccc3c(-c3ccc4c(c3)C(C)(C)c3ccccc3-4)c2c1. The highest BCUT2D eigenvalue weighted by molar-refractivity contribution is 6.22. The molecule has 0 fully saturated rings. The second-order valence-corrected chi connectivity index (χ2v) is 13.8. The molecular weight excluding hydrogens is 577 g/mol. The van der Waals surface area contributed by atoms with E-state index in [1.165, 1.54) is 93.9 Å². The summed E-state index contributed by atoms with van der Waals surface area (Å²) < 4.78 is 0. The molecule has 0 saturated carbocycles. The molecule has 0 N–H and O–H groups in total. The summed E-state index contributed by atoms with van der Waals surface area (Å²) in [5, 5.41) is 5.14. The van der Waals surface area contributed by atoms with E-state index in [4.69, 9.17) is 0 Å². The quantitative estimate of drug-likeness (QED) is 0.173. The first kappa shape index (κ1) is 28.5. The summed E-state index contributed by atoms with van der Waals surface area (Å²) in [5.74, 6) is 0. The van der Waals surface area contributed by atoms with Gasteiger partial charge < -0.3 is 0 Å². The largest absolute Gasteiger partial charge is 0.0622 e. The van der Waals surface area contributed by atoms with Gasteiger partial charge in [0.25, 0.3) is 0 Å². The van der Waals surface area contributed by atoms with Crippen LogP contribution in [0.4, 0.5) is 0 Å². The summed E-state index contributed by atoms with van der Waals surface area (Å²) in [6, 6.07) is 60.7. The zero-order valence-corrected chi connectivity index (χ0v) is 27.6. The van der Waals surface area contributed by atoms with Crippen molar-refractivity contribution in [3.8, 4) is 55.6 Å². The smallest absolute Gasteiger partial charge is 0.0159 e. The molecule has 8 aromatic carbocycles. The van der Waals surface area contributed by atoms with Crippen LogP contribution in [-0.2, 0) is 5.41 Å². The number of benzene rings is 8. The van der Waals surface area contributed by atoms with E-state index >= 15 is 0 Å². The van der Waals surface area contributed by atoms with Crippen molar-refractivity contribution in [2.75, 3.05) is 0 Å². The van der Waals surface area contributed by atoms with E-state index < -0.39 is 0 Å². The number of rotatable bonds is 4. The van der Waals surface area contributed by atoms with Gasteiger partial charge in [0, 0.05) is 5.41 Å². The maximum absolute atomic E-state index is 2.47. The molecule has 9 rings (SSSR count). The predicted molar refractivity (Wildman–Crippen MR) is 205 cm³/mol. The first-order chi connectivity index (χ1) is 23.5. The van der Waals surface area contributed by atoms with Crippen molar-refractivity contribution in [3.63, 3.8) is 0 Å². The Morgan fingerprint density at radius 3 is 1.56 bits per heavy atom. The molecule has 0 heteroatoms. The second-order valence-electron chi connectivity index (χ2n) is 13.8. The van der Waals surface area contributed by atoms with Gasteiger partial charge >= 0.3 is 0 Å². The van der Waals surface area contributed by atoms with Crippen LogP contribution in [0.15, 0.2) is 164 Å². The van der Waals surface area contributed by atoms with Gasteiger partial charge in [0.2, 0.25) is 0 Å². The Kier molecular flexibility index (Phi) is 6.49. The van der Waals surface area contributed by atoms with Gasteiger partial charge in [0.15, 0.2) is 0 Å². The van der Waals surface area contributed by atoms with Gasteiger partial charge in [-0.05, 0) is 107 Å². The number of aryl methyl sites for hydroxylation is 1. The molecule has 1 aliphatic carbocycles. The van der Waals surface area contributed by atoms with Crippen LogP contribution in [0.1, 0.15) is 30.5 Å². The lowest BCUT2D eigenvalue weighted by Crippen LogP contribution is -2.14. The van der Waals surface area contributed by atoms with Gasteiger partial charge in [0.05, 0.1) is 0 Å². The topological polar surface area (TPSA) is 0 Å². The highest BCUT2D eigenvalue weighted by Crippen LogP contribution is 2.51. The van der Waals surface area contributed by atoms with Crippen LogP contribution >= 0.6 is 0 Å². The van der Waals surface area contributed by atoms with Crippen LogP contribution in [0.5, 0.6) is 0 Å². The van der Waals surface area contributed by atoms with Crippen LogP contribution in [-0.4, -0.2) is 0 Å². The van der Waals surface area contributed by atoms with Gasteiger partial charge in [-0.25, -0.2) is 0 Å². The van der Waals surface area contributed by atoms with Crippen molar-refractivity contribution in [1.82, 2.24) is 0 Å². The first-order valence-corrected chi connectivity index (χ1v) is 16.9. The molecule has 0 amide bonds. The van der Waals surface area contributed by atoms with Gasteiger partial charge in [-0.15, -0.1) is 0 Å². The zero-order chi connectivity index (χ0) is 32.4. The average Bonchev–Trinajstić information content (AvgIpc) is 3.36. The molecule has 0 bridgehead atoms. The summed E-state index contributed by atoms with van der Waals surface area (Å²) in [6.07, 6.45) is 0. The van der Waals surface area contributed by atoms with Gasteiger partial charge in [0.1, 0.15) is 0 Å². The van der Waals surface area contributed by atoms with Gasteiger partial charge in [-0.2, -0.15) is 0 Å². The van der Waals surface area contributed by atoms with Gasteiger partial charge in [-0.1, -0.05) is 171 Å². The third kappa shape index (κ3) is 4.37. The molecule has 0 unspecified atom stereocenters. The minimum atomic E-state index is -0.0578. The standard InChI is InChI=1S/C48H36/c1-31-22-25-41-43(28-31)47(35-24-27-38-37-18-12-13-21-44(37)48(2,3)45(38)30-35)40-20-11-10-19-39(40)46(41)34-23-26-36(32-14-6-4-7-15-32)42(29-34)33-16-8-5-9-17-33/h4-30H,1-3H3. The van der Waals surface area contributed by atoms with Crippen molar-refractivity contribution in [2.45, 2.75) is 26.2 Å². The molecule has 0 atom stereocenters. The summed E-state index contributed by atoms with van der Waals surface area (Å²) in [4.78, 5) is 0. The lowest BCUT2D eigenvalue weighted by molar-refractivity contribution is 0.660. The Labute approximate surface area is 283 Å². The zero-order valence-electron chi connectivity index (χ0n) is 27.6. The molecule has 0 aliphatic heterocycles. The molecule has 8 aromatic rings. The molecule has 228 valence electrons. The van der Waals surface area contributed by atoms with Crippen molar-refractivity contribution in [3.05, 3.63) is 180 Å². The van der Waals surface area contributed by atoms with E-state index in [1.807, 2.05) is 0 Å². The molecule has 0 nitrogen and oxygen atoms in total. The third-order valence-electron chi connectivity index (χ3n) is 10.5. The first-order valence-electron chi connectivity index (χ1n) is 16.9. The van der Waals surface area contributed by atoms with E-state index in [-0.39, 0.29) is 5.41 Å². The normalized spacial score (nSPS) is 13.1. The van der Waals surface area contributed by atoms with Crippen LogP contribution in [0.2, 0.25) is 0 Å². The van der Waals surface area contributed by atoms with E-state index in [9.17, 15) is 0 Å². The van der Waals surface area contributed by atoms with Crippen molar-refractivity contribution >= 4 is 21.5 Å². The number of fused-ring (bicyclic) bond motifs is 5. The summed E-state index contributed by atoms with van der Waals surface area (Å²) in [5.41, 5.74) is 16.8. The average molecular weight is 613 g/mol. The number of hydrogen-bond donors (Lipinski definition) is 0. The van der Waals surface area contributed by atoms with E-state index in [1.54, 1.807) is 0 Å². The maximum atomic E-state index is 2.47. The third-order valence-corrected chi connectivity index (χ3v) is 10.5. The highest BCUT2D eigenvalue weighted by atomic mass is 14.4. The lowest BCUT2D eigenvalue weighted by atomic mass is 9.80. The van der Waals surface area contributed by atoms with Crippen LogP contribution in [0.25, 0.3) is 77.2 Å². The Morgan fingerprint density at radius 1 is 0.333 bits per heavy atom. The van der Waals surface area contributed by atoms with E-state index in [2.05, 4.69) is 185 Å². The molecule has 48 heavy (non-hydrogen) atoms. The minimum Gasteiger partial charge on any atom is -0.0622 e. The Morgan fingerprint density at radius 2 is 0.854 bits per heavy atom. The molecule has 0 radical (unpaired) electrons. The van der Waals surface area contributed by atoms with Crippen LogP contribution in [0.3, 0.4) is 0 Å². The summed E-state index contributed by atoms with van der Waals surface area (Å²) in [6.45, 7) is 6.95. The predicted octanol–water partition coefficient (Wildman–Crippen LogP) is 13.3. The Balaban J connectivity index is 1.32. The van der Waals surface area contributed by atoms with Crippen LogP contribution < -0.4 is 0 Å². The Hall–Kier alpha value is -5.72. The van der Waals surface area contributed by atoms with Crippen molar-refractivity contribution in [2.24, 2.45) is 0 Å². The second kappa shape index (κ2) is 10.9. The fourth-order valence-corrected chi connectivity index (χ4v) is 8.20. The highest BCUT2D eigenvalue weighted by Gasteiger charge is 2.35. The van der Waals surface area contributed by atoms with Crippen molar-refractivity contribution < 1.29 is 0 Å². The summed E-state index contributed by atoms with van der Waals surface area (Å²) in [7, 11) is 0. The summed E-state index contributed by atoms with van der Waals surface area (Å²) >= 11 is 0. The number of hydrogen-bond acceptors (Lipinski definition) is 0. The molecule has 0 spiro atoms. The van der Waals surface area contributed by atoms with E-state index in [0.29, 0.717) is 0 Å². The monoisotopic (exact) mass is 612 g/mol. The Bertz CT molecular complexity index is 2520.